The molecule has 2 amide bonds. The van der Waals surface area contributed by atoms with E-state index in [0.717, 1.165) is 0 Å². The van der Waals surface area contributed by atoms with Crippen molar-refractivity contribution >= 4 is 11.8 Å². The number of piperazine rings is 1. The predicted octanol–water partition coefficient (Wildman–Crippen LogP) is 2.28. The summed E-state index contributed by atoms with van der Waals surface area (Å²) < 4.78 is 15.0. The molecule has 0 atom stereocenters. The largest absolute Gasteiger partial charge is 0.335 e. The number of hydrogen-bond donors (Lipinski definition) is 0. The number of aryl methyl sites for hydroxylation is 1. The summed E-state index contributed by atoms with van der Waals surface area (Å²) in [5.74, 6) is -0.987. The van der Waals surface area contributed by atoms with Crippen molar-refractivity contribution in [2.75, 3.05) is 26.2 Å². The quantitative estimate of drug-likeness (QED) is 0.652. The first-order valence-corrected chi connectivity index (χ1v) is 9.94. The van der Waals surface area contributed by atoms with E-state index in [1.54, 1.807) is 53.1 Å². The Morgan fingerprint density at radius 2 is 1.52 bits per heavy atom. The third-order valence-electron chi connectivity index (χ3n) is 5.29. The van der Waals surface area contributed by atoms with E-state index in [-0.39, 0.29) is 23.1 Å². The maximum absolute atomic E-state index is 13.8. The summed E-state index contributed by atoms with van der Waals surface area (Å²) in [6.45, 7) is 2.95. The Kier molecular flexibility index (Phi) is 5.62. The fraction of sp³-hybridized carbons (Fsp3) is 0.217. The fourth-order valence-corrected chi connectivity index (χ4v) is 3.46. The van der Waals surface area contributed by atoms with Crippen LogP contribution in [0.4, 0.5) is 4.39 Å². The Balaban J connectivity index is 1.45. The van der Waals surface area contributed by atoms with E-state index >= 15 is 0 Å². The summed E-state index contributed by atoms with van der Waals surface area (Å²) in [5.41, 5.74) is 1.17. The number of aromatic nitrogens is 2. The highest BCUT2D eigenvalue weighted by Gasteiger charge is 2.27. The van der Waals surface area contributed by atoms with Crippen molar-refractivity contribution in [2.24, 2.45) is 0 Å². The second-order valence-electron chi connectivity index (χ2n) is 7.35. The van der Waals surface area contributed by atoms with E-state index in [2.05, 4.69) is 5.10 Å². The zero-order valence-electron chi connectivity index (χ0n) is 17.0. The van der Waals surface area contributed by atoms with Crippen LogP contribution in [0.3, 0.4) is 0 Å². The van der Waals surface area contributed by atoms with Crippen LogP contribution < -0.4 is 5.56 Å². The van der Waals surface area contributed by atoms with Gasteiger partial charge in [0.05, 0.1) is 5.69 Å². The molecular weight excluding hydrogens is 399 g/mol. The van der Waals surface area contributed by atoms with Gasteiger partial charge < -0.3 is 9.80 Å². The lowest BCUT2D eigenvalue weighted by Crippen LogP contribution is -2.51. The van der Waals surface area contributed by atoms with Crippen LogP contribution in [0.2, 0.25) is 0 Å². The highest BCUT2D eigenvalue weighted by atomic mass is 19.1. The van der Waals surface area contributed by atoms with Crippen molar-refractivity contribution in [2.45, 2.75) is 6.92 Å². The van der Waals surface area contributed by atoms with Crippen LogP contribution in [-0.4, -0.2) is 57.6 Å². The van der Waals surface area contributed by atoms with Gasteiger partial charge in [0.1, 0.15) is 11.5 Å². The van der Waals surface area contributed by atoms with Gasteiger partial charge in [-0.3, -0.25) is 14.4 Å². The number of benzene rings is 2. The zero-order valence-corrected chi connectivity index (χ0v) is 17.0. The minimum Gasteiger partial charge on any atom is -0.335 e. The van der Waals surface area contributed by atoms with E-state index in [1.807, 2.05) is 6.07 Å². The van der Waals surface area contributed by atoms with E-state index < -0.39 is 5.82 Å². The molecule has 158 valence electrons. The van der Waals surface area contributed by atoms with E-state index in [4.69, 9.17) is 0 Å². The molecular formula is C23H21FN4O3. The Bertz CT molecular complexity index is 1180. The summed E-state index contributed by atoms with van der Waals surface area (Å²) in [6, 6.07) is 16.0. The highest BCUT2D eigenvalue weighted by Crippen LogP contribution is 2.14. The van der Waals surface area contributed by atoms with Crippen molar-refractivity contribution < 1.29 is 14.0 Å². The summed E-state index contributed by atoms with van der Waals surface area (Å²) in [5, 5.41) is 4.23. The van der Waals surface area contributed by atoms with Crippen molar-refractivity contribution in [3.8, 4) is 5.69 Å². The average Bonchev–Trinajstić information content (AvgIpc) is 2.81. The molecule has 2 heterocycles. The molecule has 1 saturated heterocycles. The van der Waals surface area contributed by atoms with Gasteiger partial charge in [0.2, 0.25) is 0 Å². The molecule has 0 aliphatic carbocycles. The number of halogens is 1. The highest BCUT2D eigenvalue weighted by molar-refractivity contribution is 5.95. The molecule has 0 N–H and O–H groups in total. The molecule has 1 aliphatic rings. The van der Waals surface area contributed by atoms with E-state index in [1.165, 1.54) is 22.9 Å². The molecule has 7 nitrogen and oxygen atoms in total. The molecule has 0 unspecified atom stereocenters. The number of carbonyl (C=O) groups excluding carboxylic acids is 2. The van der Waals surface area contributed by atoms with Crippen molar-refractivity contribution in [1.29, 1.82) is 0 Å². The van der Waals surface area contributed by atoms with Gasteiger partial charge in [-0.15, -0.1) is 0 Å². The maximum Gasteiger partial charge on any atom is 0.274 e. The summed E-state index contributed by atoms with van der Waals surface area (Å²) >= 11 is 0. The number of hydrogen-bond acceptors (Lipinski definition) is 4. The molecule has 4 rings (SSSR count). The molecule has 8 heteroatoms. The standard InChI is InChI=1S/C23H21FN4O3/c1-16-7-8-17(15-19(16)24)22(30)26-11-13-27(14-12-26)23(31)20-9-10-21(29)28(25-20)18-5-3-2-4-6-18/h2-10,15H,11-14H2,1H3. The molecule has 1 fully saturated rings. The Labute approximate surface area is 178 Å². The molecule has 0 saturated carbocycles. The van der Waals surface area contributed by atoms with Crippen LogP contribution >= 0.6 is 0 Å². The van der Waals surface area contributed by atoms with Crippen LogP contribution in [-0.2, 0) is 0 Å². The van der Waals surface area contributed by atoms with Crippen LogP contribution in [0.25, 0.3) is 5.69 Å². The number of para-hydroxylation sites is 1. The number of amides is 2. The third kappa shape index (κ3) is 4.23. The summed E-state index contributed by atoms with van der Waals surface area (Å²) in [7, 11) is 0. The fourth-order valence-electron chi connectivity index (χ4n) is 3.46. The topological polar surface area (TPSA) is 75.5 Å². The van der Waals surface area contributed by atoms with Gasteiger partial charge in [-0.1, -0.05) is 24.3 Å². The van der Waals surface area contributed by atoms with Gasteiger partial charge in [0.25, 0.3) is 17.4 Å². The maximum atomic E-state index is 13.8. The van der Waals surface area contributed by atoms with Gasteiger partial charge in [0, 0.05) is 37.8 Å². The van der Waals surface area contributed by atoms with Gasteiger partial charge in [-0.25, -0.2) is 4.39 Å². The lowest BCUT2D eigenvalue weighted by Gasteiger charge is -2.34. The van der Waals surface area contributed by atoms with Gasteiger partial charge in [-0.05, 0) is 42.8 Å². The van der Waals surface area contributed by atoms with Crippen LogP contribution in [0, 0.1) is 12.7 Å². The number of rotatable bonds is 3. The van der Waals surface area contributed by atoms with Crippen LogP contribution in [0.1, 0.15) is 26.4 Å². The van der Waals surface area contributed by atoms with Crippen molar-refractivity contribution in [3.05, 3.63) is 93.7 Å². The molecule has 1 aliphatic heterocycles. The molecule has 2 aromatic carbocycles. The minimum atomic E-state index is -0.417. The van der Waals surface area contributed by atoms with Gasteiger partial charge in [-0.2, -0.15) is 9.78 Å². The smallest absolute Gasteiger partial charge is 0.274 e. The molecule has 0 spiro atoms. The normalized spacial score (nSPS) is 13.9. The molecule has 1 aromatic heterocycles. The monoisotopic (exact) mass is 420 g/mol. The Morgan fingerprint density at radius 3 is 2.16 bits per heavy atom. The number of carbonyl (C=O) groups is 2. The van der Waals surface area contributed by atoms with Crippen LogP contribution in [0.15, 0.2) is 65.5 Å². The van der Waals surface area contributed by atoms with Crippen LogP contribution in [0.5, 0.6) is 0 Å². The first-order chi connectivity index (χ1) is 14.9. The lowest BCUT2D eigenvalue weighted by atomic mass is 10.1. The number of nitrogens with zero attached hydrogens (tertiary/aromatic N) is 4. The van der Waals surface area contributed by atoms with Gasteiger partial charge >= 0.3 is 0 Å². The summed E-state index contributed by atoms with van der Waals surface area (Å²) in [4.78, 5) is 40.9. The lowest BCUT2D eigenvalue weighted by molar-refractivity contribution is 0.0531. The predicted molar refractivity (Wildman–Crippen MR) is 113 cm³/mol. The first-order valence-electron chi connectivity index (χ1n) is 9.94. The van der Waals surface area contributed by atoms with Gasteiger partial charge in [0.15, 0.2) is 0 Å². The molecule has 31 heavy (non-hydrogen) atoms. The van der Waals surface area contributed by atoms with E-state index in [0.29, 0.717) is 43.0 Å². The van der Waals surface area contributed by atoms with Crippen molar-refractivity contribution in [1.82, 2.24) is 19.6 Å². The molecule has 0 bridgehead atoms. The first kappa shape index (κ1) is 20.5. The minimum absolute atomic E-state index is 0.156. The Morgan fingerprint density at radius 1 is 0.871 bits per heavy atom. The second-order valence-corrected chi connectivity index (χ2v) is 7.35. The summed E-state index contributed by atoms with van der Waals surface area (Å²) in [6.07, 6.45) is 0. The van der Waals surface area contributed by atoms with E-state index in [9.17, 15) is 18.8 Å². The van der Waals surface area contributed by atoms with Crippen molar-refractivity contribution in [3.63, 3.8) is 0 Å². The zero-order chi connectivity index (χ0) is 22.0. The SMILES string of the molecule is Cc1ccc(C(=O)N2CCN(C(=O)c3ccc(=O)n(-c4ccccc4)n3)CC2)cc1F. The third-order valence-corrected chi connectivity index (χ3v) is 5.29. The average molecular weight is 420 g/mol. The molecule has 0 radical (unpaired) electrons. The Hall–Kier alpha value is -3.81. The molecule has 3 aromatic rings. The second kappa shape index (κ2) is 8.51.